The van der Waals surface area contributed by atoms with Gasteiger partial charge >= 0.3 is 0 Å². The molecular weight excluding hydrogens is 304 g/mol. The molecule has 3 N–H and O–H groups in total. The number of ether oxygens (including phenoxy) is 2. The fourth-order valence-electron chi connectivity index (χ4n) is 2.09. The number of pyridine rings is 1. The number of nitrogens with one attached hydrogen (secondary N) is 1. The van der Waals surface area contributed by atoms with E-state index in [1.807, 2.05) is 49.4 Å². The molecule has 0 spiro atoms. The van der Waals surface area contributed by atoms with Gasteiger partial charge in [-0.2, -0.15) is 0 Å². The van der Waals surface area contributed by atoms with E-state index >= 15 is 0 Å². The Bertz CT molecular complexity index is 646. The molecule has 0 radical (unpaired) electrons. The number of methoxy groups -OCH3 is 1. The van der Waals surface area contributed by atoms with Gasteiger partial charge in [-0.25, -0.2) is 4.99 Å². The van der Waals surface area contributed by atoms with Crippen molar-refractivity contribution in [1.29, 1.82) is 0 Å². The van der Waals surface area contributed by atoms with Crippen molar-refractivity contribution in [2.45, 2.75) is 19.4 Å². The zero-order valence-corrected chi connectivity index (χ0v) is 14.1. The molecule has 0 bridgehead atoms. The molecule has 6 nitrogen and oxygen atoms in total. The van der Waals surface area contributed by atoms with Crippen LogP contribution in [-0.2, 0) is 6.42 Å². The summed E-state index contributed by atoms with van der Waals surface area (Å²) in [6.45, 7) is 3.11. The van der Waals surface area contributed by atoms with E-state index in [0.717, 1.165) is 23.6 Å². The molecule has 0 fully saturated rings. The molecule has 0 aliphatic carbocycles. The monoisotopic (exact) mass is 328 g/mol. The Hall–Kier alpha value is -2.76. The maximum atomic E-state index is 5.87. The number of guanidine groups is 1. The Labute approximate surface area is 142 Å². The van der Waals surface area contributed by atoms with Crippen molar-refractivity contribution in [1.82, 2.24) is 10.3 Å². The van der Waals surface area contributed by atoms with Crippen LogP contribution in [0.25, 0.3) is 0 Å². The molecule has 2 rings (SSSR count). The molecule has 0 aliphatic rings. The first-order valence-electron chi connectivity index (χ1n) is 7.92. The van der Waals surface area contributed by atoms with E-state index in [0.29, 0.717) is 19.0 Å². The van der Waals surface area contributed by atoms with E-state index in [1.165, 1.54) is 0 Å². The topological polar surface area (TPSA) is 81.8 Å². The van der Waals surface area contributed by atoms with Gasteiger partial charge in [0.25, 0.3) is 0 Å². The van der Waals surface area contributed by atoms with E-state index in [9.17, 15) is 0 Å². The van der Waals surface area contributed by atoms with Gasteiger partial charge in [0.15, 0.2) is 5.96 Å². The number of hydrogen-bond donors (Lipinski definition) is 2. The average Bonchev–Trinajstić information content (AvgIpc) is 2.61. The largest absolute Gasteiger partial charge is 0.497 e. The van der Waals surface area contributed by atoms with Crippen LogP contribution in [0.4, 0.5) is 0 Å². The fraction of sp³-hybridized carbons (Fsp3) is 0.333. The van der Waals surface area contributed by atoms with Crippen molar-refractivity contribution in [3.8, 4) is 11.5 Å². The van der Waals surface area contributed by atoms with Gasteiger partial charge in [-0.15, -0.1) is 0 Å². The molecule has 1 aromatic heterocycles. The van der Waals surface area contributed by atoms with Gasteiger partial charge in [-0.1, -0.05) is 12.1 Å². The molecule has 1 atom stereocenters. The Kier molecular flexibility index (Phi) is 6.89. The highest BCUT2D eigenvalue weighted by molar-refractivity contribution is 5.77. The molecule has 0 amide bonds. The molecule has 24 heavy (non-hydrogen) atoms. The Morgan fingerprint density at radius 1 is 1.25 bits per heavy atom. The number of aromatic nitrogens is 1. The van der Waals surface area contributed by atoms with Gasteiger partial charge in [-0.05, 0) is 31.2 Å². The minimum Gasteiger partial charge on any atom is -0.497 e. The Morgan fingerprint density at radius 2 is 2.08 bits per heavy atom. The van der Waals surface area contributed by atoms with Crippen LogP contribution in [0.1, 0.15) is 12.6 Å². The van der Waals surface area contributed by atoms with E-state index in [-0.39, 0.29) is 6.10 Å². The fourth-order valence-corrected chi connectivity index (χ4v) is 2.09. The van der Waals surface area contributed by atoms with Crippen molar-refractivity contribution < 1.29 is 9.47 Å². The maximum absolute atomic E-state index is 5.87. The summed E-state index contributed by atoms with van der Waals surface area (Å²) < 4.78 is 11.0. The minimum atomic E-state index is -0.0896. The van der Waals surface area contributed by atoms with Gasteiger partial charge in [0, 0.05) is 30.9 Å². The van der Waals surface area contributed by atoms with Gasteiger partial charge in [-0.3, -0.25) is 4.98 Å². The predicted octanol–water partition coefficient (Wildman–Crippen LogP) is 2.00. The summed E-state index contributed by atoms with van der Waals surface area (Å²) in [4.78, 5) is 8.56. The number of rotatable bonds is 8. The van der Waals surface area contributed by atoms with Crippen LogP contribution in [-0.4, -0.2) is 37.2 Å². The molecule has 128 valence electrons. The van der Waals surface area contributed by atoms with Gasteiger partial charge < -0.3 is 20.5 Å². The molecule has 1 aromatic carbocycles. The molecule has 6 heteroatoms. The Morgan fingerprint density at radius 3 is 2.83 bits per heavy atom. The third-order valence-corrected chi connectivity index (χ3v) is 3.31. The number of nitrogens with zero attached hydrogens (tertiary/aromatic N) is 2. The molecule has 1 heterocycles. The summed E-state index contributed by atoms with van der Waals surface area (Å²) in [6.07, 6.45) is 2.49. The summed E-state index contributed by atoms with van der Waals surface area (Å²) in [7, 11) is 1.63. The molecule has 0 saturated heterocycles. The zero-order chi connectivity index (χ0) is 17.2. The predicted molar refractivity (Wildman–Crippen MR) is 95.5 cm³/mol. The highest BCUT2D eigenvalue weighted by atomic mass is 16.5. The summed E-state index contributed by atoms with van der Waals surface area (Å²) in [5.41, 5.74) is 6.89. The number of benzene rings is 1. The van der Waals surface area contributed by atoms with Crippen LogP contribution in [0.2, 0.25) is 0 Å². The smallest absolute Gasteiger partial charge is 0.188 e. The molecule has 0 aliphatic heterocycles. The number of nitrogens with two attached hydrogens (primary N) is 1. The second kappa shape index (κ2) is 9.39. The van der Waals surface area contributed by atoms with Gasteiger partial charge in [0.05, 0.1) is 13.7 Å². The first kappa shape index (κ1) is 17.6. The van der Waals surface area contributed by atoms with Crippen molar-refractivity contribution in [3.63, 3.8) is 0 Å². The van der Waals surface area contributed by atoms with E-state index in [2.05, 4.69) is 15.3 Å². The third-order valence-electron chi connectivity index (χ3n) is 3.31. The van der Waals surface area contributed by atoms with Crippen molar-refractivity contribution in [3.05, 3.63) is 54.4 Å². The molecule has 2 aromatic rings. The summed E-state index contributed by atoms with van der Waals surface area (Å²) >= 11 is 0. The second-order valence-corrected chi connectivity index (χ2v) is 5.33. The lowest BCUT2D eigenvalue weighted by molar-refractivity contribution is 0.229. The molecular formula is C18H24N4O2. The summed E-state index contributed by atoms with van der Waals surface area (Å²) in [6, 6.07) is 13.3. The van der Waals surface area contributed by atoms with Crippen LogP contribution in [0.3, 0.4) is 0 Å². The van der Waals surface area contributed by atoms with Crippen LogP contribution in [0.15, 0.2) is 53.7 Å². The third kappa shape index (κ3) is 6.16. The lowest BCUT2D eigenvalue weighted by atomic mass is 10.3. The van der Waals surface area contributed by atoms with Gasteiger partial charge in [0.1, 0.15) is 17.6 Å². The average molecular weight is 328 g/mol. The highest BCUT2D eigenvalue weighted by Crippen LogP contribution is 2.19. The van der Waals surface area contributed by atoms with Crippen LogP contribution in [0, 0.1) is 0 Å². The number of aliphatic imine (C=N–C) groups is 1. The van der Waals surface area contributed by atoms with Crippen molar-refractivity contribution in [2.24, 2.45) is 10.7 Å². The lowest BCUT2D eigenvalue weighted by Crippen LogP contribution is -2.34. The van der Waals surface area contributed by atoms with Crippen LogP contribution in [0.5, 0.6) is 11.5 Å². The van der Waals surface area contributed by atoms with E-state index in [4.69, 9.17) is 15.2 Å². The summed E-state index contributed by atoms with van der Waals surface area (Å²) in [5, 5.41) is 3.08. The van der Waals surface area contributed by atoms with Crippen molar-refractivity contribution in [2.75, 3.05) is 20.2 Å². The first-order valence-corrected chi connectivity index (χ1v) is 7.92. The Balaban J connectivity index is 1.72. The second-order valence-electron chi connectivity index (χ2n) is 5.33. The quantitative estimate of drug-likeness (QED) is 0.572. The normalized spacial score (nSPS) is 12.5. The number of hydrogen-bond acceptors (Lipinski definition) is 4. The van der Waals surface area contributed by atoms with E-state index in [1.54, 1.807) is 13.3 Å². The lowest BCUT2D eigenvalue weighted by Gasteiger charge is -2.14. The van der Waals surface area contributed by atoms with Crippen molar-refractivity contribution >= 4 is 5.96 Å². The molecule has 1 unspecified atom stereocenters. The minimum absolute atomic E-state index is 0.0896. The zero-order valence-electron chi connectivity index (χ0n) is 14.1. The summed E-state index contributed by atoms with van der Waals surface area (Å²) in [5.74, 6) is 1.92. The standard InChI is InChI=1S/C18H24N4O2/c1-14(24-17-8-5-7-16(12-17)23-2)13-22-18(19)21-11-9-15-6-3-4-10-20-15/h3-8,10,12,14H,9,11,13H2,1-2H3,(H3,19,21,22). The maximum Gasteiger partial charge on any atom is 0.188 e. The van der Waals surface area contributed by atoms with E-state index < -0.39 is 0 Å². The van der Waals surface area contributed by atoms with Gasteiger partial charge in [0.2, 0.25) is 0 Å². The van der Waals surface area contributed by atoms with Crippen LogP contribution >= 0.6 is 0 Å². The molecule has 0 saturated carbocycles. The van der Waals surface area contributed by atoms with Crippen LogP contribution < -0.4 is 20.5 Å². The SMILES string of the molecule is COc1cccc(OC(C)CN=C(N)NCCc2ccccn2)c1. The first-order chi connectivity index (χ1) is 11.7. The highest BCUT2D eigenvalue weighted by Gasteiger charge is 2.05.